The molecule has 0 aromatic heterocycles. The monoisotopic (exact) mass is 217 g/mol. The van der Waals surface area contributed by atoms with Crippen LogP contribution in [0, 0.1) is 5.92 Å². The summed E-state index contributed by atoms with van der Waals surface area (Å²) in [6.07, 6.45) is 0. The summed E-state index contributed by atoms with van der Waals surface area (Å²) in [5.74, 6) is -1.41. The fourth-order valence-corrected chi connectivity index (χ4v) is 0.893. The van der Waals surface area contributed by atoms with Crippen LogP contribution in [0.1, 0.15) is 27.7 Å². The second-order valence-corrected chi connectivity index (χ2v) is 4.23. The Labute approximate surface area is 89.5 Å². The van der Waals surface area contributed by atoms with Crippen LogP contribution in [-0.4, -0.2) is 40.2 Å². The van der Waals surface area contributed by atoms with Crippen molar-refractivity contribution in [1.82, 2.24) is 5.32 Å². The van der Waals surface area contributed by atoms with Crippen molar-refractivity contribution >= 4 is 11.7 Å². The summed E-state index contributed by atoms with van der Waals surface area (Å²) in [4.78, 5) is 22.5. The van der Waals surface area contributed by atoms with E-state index in [0.29, 0.717) is 0 Å². The zero-order chi connectivity index (χ0) is 12.2. The highest BCUT2D eigenvalue weighted by Crippen LogP contribution is 2.15. The number of aliphatic hydroxyl groups is 2. The van der Waals surface area contributed by atoms with Gasteiger partial charge in [-0.05, 0) is 20.8 Å². The first-order valence-corrected chi connectivity index (χ1v) is 4.84. The lowest BCUT2D eigenvalue weighted by Gasteiger charge is -2.26. The molecule has 0 fully saturated rings. The molecule has 5 heteroatoms. The van der Waals surface area contributed by atoms with Gasteiger partial charge in [0.15, 0.2) is 5.78 Å². The highest BCUT2D eigenvalue weighted by Gasteiger charge is 2.30. The van der Waals surface area contributed by atoms with Crippen molar-refractivity contribution in [2.45, 2.75) is 39.3 Å². The molecule has 2 atom stereocenters. The Balaban J connectivity index is 4.42. The molecule has 0 saturated heterocycles. The van der Waals surface area contributed by atoms with E-state index < -0.39 is 30.1 Å². The molecule has 5 nitrogen and oxygen atoms in total. The molecule has 0 aromatic carbocycles. The molecule has 0 spiro atoms. The van der Waals surface area contributed by atoms with Crippen LogP contribution in [-0.2, 0) is 9.59 Å². The van der Waals surface area contributed by atoms with Crippen LogP contribution < -0.4 is 5.32 Å². The molecule has 0 unspecified atom stereocenters. The number of aliphatic hydroxyl groups excluding tert-OH is 1. The van der Waals surface area contributed by atoms with E-state index >= 15 is 0 Å². The van der Waals surface area contributed by atoms with Gasteiger partial charge in [-0.3, -0.25) is 9.59 Å². The van der Waals surface area contributed by atoms with Crippen LogP contribution >= 0.6 is 0 Å². The van der Waals surface area contributed by atoms with Crippen LogP contribution in [0.15, 0.2) is 0 Å². The Morgan fingerprint density at radius 3 is 2.13 bits per heavy atom. The Hall–Kier alpha value is -0.940. The average molecular weight is 217 g/mol. The summed E-state index contributed by atoms with van der Waals surface area (Å²) in [5.41, 5.74) is -1.15. The van der Waals surface area contributed by atoms with Crippen molar-refractivity contribution < 1.29 is 19.8 Å². The molecule has 0 radical (unpaired) electrons. The van der Waals surface area contributed by atoms with E-state index in [0.717, 1.165) is 0 Å². The lowest BCUT2D eigenvalue weighted by Crippen LogP contribution is -2.48. The molecule has 1 amide bonds. The quantitative estimate of drug-likeness (QED) is 0.577. The Morgan fingerprint density at radius 2 is 1.87 bits per heavy atom. The molecular formula is C10H19NO4. The topological polar surface area (TPSA) is 86.6 Å². The fourth-order valence-electron chi connectivity index (χ4n) is 0.893. The minimum absolute atomic E-state index is 0.311. The second kappa shape index (κ2) is 5.23. The van der Waals surface area contributed by atoms with Gasteiger partial charge in [0, 0.05) is 0 Å². The van der Waals surface area contributed by atoms with E-state index in [2.05, 4.69) is 5.32 Å². The predicted molar refractivity (Wildman–Crippen MR) is 55.2 cm³/mol. The van der Waals surface area contributed by atoms with Gasteiger partial charge in [-0.15, -0.1) is 0 Å². The van der Waals surface area contributed by atoms with Gasteiger partial charge in [0.25, 0.3) is 0 Å². The fraction of sp³-hybridized carbons (Fsp3) is 0.800. The zero-order valence-electron chi connectivity index (χ0n) is 9.57. The van der Waals surface area contributed by atoms with Gasteiger partial charge < -0.3 is 15.5 Å². The van der Waals surface area contributed by atoms with Crippen molar-refractivity contribution in [1.29, 1.82) is 0 Å². The van der Waals surface area contributed by atoms with Gasteiger partial charge in [-0.1, -0.05) is 6.92 Å². The predicted octanol–water partition coefficient (Wildman–Crippen LogP) is -0.541. The van der Waals surface area contributed by atoms with Crippen LogP contribution in [0.2, 0.25) is 0 Å². The molecule has 0 aliphatic carbocycles. The molecule has 0 aromatic rings. The van der Waals surface area contributed by atoms with Crippen LogP contribution in [0.5, 0.6) is 0 Å². The Morgan fingerprint density at radius 1 is 1.40 bits per heavy atom. The number of carbonyl (C=O) groups is 2. The van der Waals surface area contributed by atoms with E-state index in [-0.39, 0.29) is 5.78 Å². The van der Waals surface area contributed by atoms with Gasteiger partial charge in [-0.2, -0.15) is 0 Å². The van der Waals surface area contributed by atoms with Gasteiger partial charge in [-0.25, -0.2) is 0 Å². The Kier molecular flexibility index (Phi) is 4.90. The van der Waals surface area contributed by atoms with E-state index in [9.17, 15) is 14.7 Å². The van der Waals surface area contributed by atoms with Crippen molar-refractivity contribution in [2.75, 3.05) is 6.61 Å². The SMILES string of the molecule is CC(=O)[C@H](CO)NC(=O)[C@@H](C)C(C)(C)O. The summed E-state index contributed by atoms with van der Waals surface area (Å²) in [7, 11) is 0. The van der Waals surface area contributed by atoms with Crippen LogP contribution in [0.4, 0.5) is 0 Å². The van der Waals surface area contributed by atoms with Gasteiger partial charge in [0.05, 0.1) is 18.1 Å². The highest BCUT2D eigenvalue weighted by molar-refractivity contribution is 5.88. The molecular weight excluding hydrogens is 198 g/mol. The number of ketones is 1. The number of Topliss-reactive ketones (excluding diaryl/α,β-unsaturated/α-hetero) is 1. The van der Waals surface area contributed by atoms with Crippen molar-refractivity contribution in [3.8, 4) is 0 Å². The highest BCUT2D eigenvalue weighted by atomic mass is 16.3. The minimum Gasteiger partial charge on any atom is -0.394 e. The van der Waals surface area contributed by atoms with E-state index in [4.69, 9.17) is 5.11 Å². The summed E-state index contributed by atoms with van der Waals surface area (Å²) in [6.45, 7) is 5.44. The normalized spacial score (nSPS) is 15.6. The number of hydrogen-bond acceptors (Lipinski definition) is 4. The summed E-state index contributed by atoms with van der Waals surface area (Å²) < 4.78 is 0. The molecule has 0 rings (SSSR count). The summed E-state index contributed by atoms with van der Waals surface area (Å²) in [6, 6.07) is -0.887. The minimum atomic E-state index is -1.15. The maximum absolute atomic E-state index is 11.5. The van der Waals surface area contributed by atoms with Gasteiger partial charge in [0.1, 0.15) is 6.04 Å². The zero-order valence-corrected chi connectivity index (χ0v) is 9.57. The first-order chi connectivity index (χ1) is 6.70. The van der Waals surface area contributed by atoms with Crippen LogP contribution in [0.25, 0.3) is 0 Å². The third-order valence-electron chi connectivity index (χ3n) is 2.44. The lowest BCUT2D eigenvalue weighted by atomic mass is 9.92. The molecule has 0 bridgehead atoms. The van der Waals surface area contributed by atoms with Gasteiger partial charge >= 0.3 is 0 Å². The molecule has 0 heterocycles. The third-order valence-corrected chi connectivity index (χ3v) is 2.44. The largest absolute Gasteiger partial charge is 0.394 e. The van der Waals surface area contributed by atoms with E-state index in [1.165, 1.54) is 20.8 Å². The maximum atomic E-state index is 11.5. The van der Waals surface area contributed by atoms with E-state index in [1.807, 2.05) is 0 Å². The van der Waals surface area contributed by atoms with Gasteiger partial charge in [0.2, 0.25) is 5.91 Å². The number of rotatable bonds is 5. The standard InChI is InChI=1S/C10H19NO4/c1-6(10(3,4)15)9(14)11-8(5-12)7(2)13/h6,8,12,15H,5H2,1-4H3,(H,11,14)/t6-,8+/m1/s1. The molecule has 0 aliphatic heterocycles. The second-order valence-electron chi connectivity index (χ2n) is 4.23. The molecule has 0 saturated carbocycles. The first-order valence-electron chi connectivity index (χ1n) is 4.84. The summed E-state index contributed by atoms with van der Waals surface area (Å²) >= 11 is 0. The molecule has 15 heavy (non-hydrogen) atoms. The molecule has 0 aliphatic rings. The first kappa shape index (κ1) is 14.1. The number of nitrogens with one attached hydrogen (secondary N) is 1. The molecule has 3 N–H and O–H groups in total. The number of hydrogen-bond donors (Lipinski definition) is 3. The number of amides is 1. The third kappa shape index (κ3) is 4.40. The molecule has 88 valence electrons. The smallest absolute Gasteiger partial charge is 0.226 e. The Bertz CT molecular complexity index is 244. The van der Waals surface area contributed by atoms with Crippen LogP contribution in [0.3, 0.4) is 0 Å². The van der Waals surface area contributed by atoms with Crippen molar-refractivity contribution in [3.05, 3.63) is 0 Å². The summed E-state index contributed by atoms with van der Waals surface area (Å²) in [5, 5.41) is 20.8. The van der Waals surface area contributed by atoms with Crippen molar-refractivity contribution in [3.63, 3.8) is 0 Å². The van der Waals surface area contributed by atoms with Crippen molar-refractivity contribution in [2.24, 2.45) is 5.92 Å². The number of carbonyl (C=O) groups excluding carboxylic acids is 2. The average Bonchev–Trinajstić information content (AvgIpc) is 2.10. The lowest BCUT2D eigenvalue weighted by molar-refractivity contribution is -0.135. The maximum Gasteiger partial charge on any atom is 0.226 e. The van der Waals surface area contributed by atoms with E-state index in [1.54, 1.807) is 6.92 Å².